The number of benzene rings is 1. The molecule has 0 spiro atoms. The lowest BCUT2D eigenvalue weighted by Gasteiger charge is -2.29. The Bertz CT molecular complexity index is 716. The zero-order valence-electron chi connectivity index (χ0n) is 14.7. The zero-order valence-corrected chi connectivity index (χ0v) is 17.1. The molecule has 1 aliphatic carbocycles. The number of aliphatic carboxylic acids is 1. The van der Waals surface area contributed by atoms with Crippen LogP contribution in [0.2, 0.25) is 0 Å². The van der Waals surface area contributed by atoms with Crippen LogP contribution in [-0.4, -0.2) is 26.0 Å². The third kappa shape index (κ3) is 6.85. The Labute approximate surface area is 164 Å². The summed E-state index contributed by atoms with van der Waals surface area (Å²) in [6, 6.07) is 6.62. The van der Waals surface area contributed by atoms with E-state index in [-0.39, 0.29) is 17.2 Å². The molecular formula is C19H26BrNO4S. The first-order valence-corrected chi connectivity index (χ1v) is 11.3. The molecule has 0 aromatic heterocycles. The highest BCUT2D eigenvalue weighted by Crippen LogP contribution is 2.31. The quantitative estimate of drug-likeness (QED) is 0.438. The minimum absolute atomic E-state index is 0.186. The maximum Gasteiger partial charge on any atom is 0.303 e. The average molecular weight is 444 g/mol. The molecule has 2 atom stereocenters. The van der Waals surface area contributed by atoms with Crippen molar-refractivity contribution in [1.29, 1.82) is 0 Å². The fourth-order valence-corrected chi connectivity index (χ4v) is 4.66. The lowest BCUT2D eigenvalue weighted by molar-refractivity contribution is -0.137. The van der Waals surface area contributed by atoms with Crippen molar-refractivity contribution in [2.24, 2.45) is 11.8 Å². The molecule has 144 valence electrons. The number of carboxylic acids is 1. The highest BCUT2D eigenvalue weighted by Gasteiger charge is 2.25. The molecule has 1 saturated carbocycles. The summed E-state index contributed by atoms with van der Waals surface area (Å²) < 4.78 is 28.5. The minimum Gasteiger partial charge on any atom is -0.481 e. The van der Waals surface area contributed by atoms with Crippen molar-refractivity contribution in [2.45, 2.75) is 49.8 Å². The SMILES string of the molecule is O=C(O)CCC/C=C\C1CCCCC1CNS(=O)(=O)c1ccc(Br)cc1. The minimum atomic E-state index is -3.50. The van der Waals surface area contributed by atoms with E-state index in [4.69, 9.17) is 5.11 Å². The monoisotopic (exact) mass is 443 g/mol. The van der Waals surface area contributed by atoms with Gasteiger partial charge in [0.15, 0.2) is 0 Å². The topological polar surface area (TPSA) is 83.5 Å². The maximum absolute atomic E-state index is 12.5. The zero-order chi connectivity index (χ0) is 19.0. The Morgan fingerprint density at radius 1 is 1.23 bits per heavy atom. The van der Waals surface area contributed by atoms with E-state index in [1.165, 1.54) is 0 Å². The number of halogens is 1. The van der Waals surface area contributed by atoms with Gasteiger partial charge in [-0.25, -0.2) is 13.1 Å². The molecule has 0 aliphatic heterocycles. The van der Waals surface area contributed by atoms with E-state index < -0.39 is 16.0 Å². The molecule has 0 radical (unpaired) electrons. The summed E-state index contributed by atoms with van der Waals surface area (Å²) in [5, 5.41) is 8.67. The van der Waals surface area contributed by atoms with E-state index in [1.807, 2.05) is 0 Å². The summed E-state index contributed by atoms with van der Waals surface area (Å²) in [4.78, 5) is 10.8. The first kappa shape index (κ1) is 21.1. The Morgan fingerprint density at radius 2 is 1.92 bits per heavy atom. The van der Waals surface area contributed by atoms with Crippen molar-refractivity contribution in [1.82, 2.24) is 4.72 Å². The van der Waals surface area contributed by atoms with Crippen LogP contribution in [0.4, 0.5) is 0 Å². The number of sulfonamides is 1. The predicted octanol–water partition coefficient (Wildman–Crippen LogP) is 4.34. The molecule has 5 nitrogen and oxygen atoms in total. The second-order valence-corrected chi connectivity index (χ2v) is 9.41. The number of nitrogens with one attached hydrogen (secondary N) is 1. The van der Waals surface area contributed by atoms with Crippen LogP contribution >= 0.6 is 15.9 Å². The number of carboxylic acid groups (broad SMARTS) is 1. The number of hydrogen-bond acceptors (Lipinski definition) is 3. The molecule has 7 heteroatoms. The van der Waals surface area contributed by atoms with Crippen LogP contribution < -0.4 is 4.72 Å². The van der Waals surface area contributed by atoms with Crippen molar-refractivity contribution in [3.63, 3.8) is 0 Å². The fraction of sp³-hybridized carbons (Fsp3) is 0.526. The summed E-state index contributed by atoms with van der Waals surface area (Å²) in [6.07, 6.45) is 10.1. The van der Waals surface area contributed by atoms with Crippen molar-refractivity contribution in [2.75, 3.05) is 6.54 Å². The Hall–Kier alpha value is -1.18. The third-order valence-electron chi connectivity index (χ3n) is 4.77. The van der Waals surface area contributed by atoms with Crippen LogP contribution in [0.1, 0.15) is 44.9 Å². The second kappa shape index (κ2) is 10.2. The molecule has 2 rings (SSSR count). The maximum atomic E-state index is 12.5. The van der Waals surface area contributed by atoms with Gasteiger partial charge < -0.3 is 5.11 Å². The van der Waals surface area contributed by atoms with Crippen LogP contribution in [-0.2, 0) is 14.8 Å². The molecule has 0 bridgehead atoms. The summed E-state index contributed by atoms with van der Waals surface area (Å²) in [7, 11) is -3.50. The molecule has 1 fully saturated rings. The molecule has 1 aromatic rings. The molecule has 2 N–H and O–H groups in total. The van der Waals surface area contributed by atoms with Gasteiger partial charge in [0.2, 0.25) is 10.0 Å². The molecule has 1 aliphatic rings. The van der Waals surface area contributed by atoms with E-state index in [0.29, 0.717) is 18.9 Å². The highest BCUT2D eigenvalue weighted by atomic mass is 79.9. The number of unbranched alkanes of at least 4 members (excludes halogenated alkanes) is 1. The van der Waals surface area contributed by atoms with E-state index in [0.717, 1.165) is 36.6 Å². The van der Waals surface area contributed by atoms with Crippen LogP contribution in [0.25, 0.3) is 0 Å². The molecular weight excluding hydrogens is 418 g/mol. The van der Waals surface area contributed by atoms with Crippen molar-refractivity contribution in [3.8, 4) is 0 Å². The summed E-state index contributed by atoms with van der Waals surface area (Å²) in [6.45, 7) is 0.433. The number of rotatable bonds is 9. The standard InChI is InChI=1S/C19H26BrNO4S/c20-17-10-12-18(13-11-17)26(24,25)21-14-16-8-5-4-7-15(16)6-2-1-3-9-19(22)23/h2,6,10-13,15-16,21H,1,3-5,7-9,14H2,(H,22,23)/b6-2-. The number of carbonyl (C=O) groups is 1. The van der Waals surface area contributed by atoms with E-state index in [2.05, 4.69) is 32.8 Å². The van der Waals surface area contributed by atoms with Gasteiger partial charge in [0.25, 0.3) is 0 Å². The van der Waals surface area contributed by atoms with Gasteiger partial charge in [-0.2, -0.15) is 0 Å². The fourth-order valence-electron chi connectivity index (χ4n) is 3.30. The van der Waals surface area contributed by atoms with Gasteiger partial charge in [0.1, 0.15) is 0 Å². The second-order valence-electron chi connectivity index (χ2n) is 6.73. The summed E-state index contributed by atoms with van der Waals surface area (Å²) >= 11 is 3.31. The van der Waals surface area contributed by atoms with Crippen LogP contribution in [0.3, 0.4) is 0 Å². The van der Waals surface area contributed by atoms with E-state index in [9.17, 15) is 13.2 Å². The molecule has 0 saturated heterocycles. The van der Waals surface area contributed by atoms with Crippen LogP contribution in [0.15, 0.2) is 45.8 Å². The Morgan fingerprint density at radius 3 is 2.62 bits per heavy atom. The first-order valence-electron chi connectivity index (χ1n) is 9.02. The van der Waals surface area contributed by atoms with Gasteiger partial charge in [-0.3, -0.25) is 4.79 Å². The van der Waals surface area contributed by atoms with E-state index >= 15 is 0 Å². The molecule has 0 heterocycles. The van der Waals surface area contributed by atoms with Gasteiger partial charge in [-0.05, 0) is 61.8 Å². The van der Waals surface area contributed by atoms with Crippen molar-refractivity contribution < 1.29 is 18.3 Å². The van der Waals surface area contributed by atoms with Gasteiger partial charge in [-0.1, -0.05) is 40.9 Å². The third-order valence-corrected chi connectivity index (χ3v) is 6.74. The van der Waals surface area contributed by atoms with Gasteiger partial charge >= 0.3 is 5.97 Å². The Kier molecular flexibility index (Phi) is 8.31. The molecule has 1 aromatic carbocycles. The predicted molar refractivity (Wildman–Crippen MR) is 105 cm³/mol. The van der Waals surface area contributed by atoms with Gasteiger partial charge in [0.05, 0.1) is 4.90 Å². The van der Waals surface area contributed by atoms with Crippen LogP contribution in [0.5, 0.6) is 0 Å². The number of hydrogen-bond donors (Lipinski definition) is 2. The van der Waals surface area contributed by atoms with Crippen molar-refractivity contribution >= 4 is 31.9 Å². The molecule has 26 heavy (non-hydrogen) atoms. The Balaban J connectivity index is 1.90. The van der Waals surface area contributed by atoms with E-state index in [1.54, 1.807) is 24.3 Å². The average Bonchev–Trinajstić information content (AvgIpc) is 2.61. The molecule has 2 unspecified atom stereocenters. The first-order chi connectivity index (χ1) is 12.4. The van der Waals surface area contributed by atoms with Crippen molar-refractivity contribution in [3.05, 3.63) is 40.9 Å². The summed E-state index contributed by atoms with van der Waals surface area (Å²) in [5.74, 6) is -0.137. The normalized spacial score (nSPS) is 21.1. The van der Waals surface area contributed by atoms with Crippen LogP contribution in [0, 0.1) is 11.8 Å². The molecule has 0 amide bonds. The van der Waals surface area contributed by atoms with Gasteiger partial charge in [-0.15, -0.1) is 0 Å². The largest absolute Gasteiger partial charge is 0.481 e. The highest BCUT2D eigenvalue weighted by molar-refractivity contribution is 9.10. The lowest BCUT2D eigenvalue weighted by Crippen LogP contribution is -2.33. The number of allylic oxidation sites excluding steroid dienone is 2. The summed E-state index contributed by atoms with van der Waals surface area (Å²) in [5.41, 5.74) is 0. The van der Waals surface area contributed by atoms with Gasteiger partial charge in [0, 0.05) is 17.4 Å². The smallest absolute Gasteiger partial charge is 0.303 e. The lowest BCUT2D eigenvalue weighted by atomic mass is 9.79.